The molecule has 9 heteroatoms. The van der Waals surface area contributed by atoms with Crippen molar-refractivity contribution in [1.29, 1.82) is 0 Å². The molecule has 0 bridgehead atoms. The number of hydrogen-bond acceptors (Lipinski definition) is 7. The van der Waals surface area contributed by atoms with E-state index in [4.69, 9.17) is 0 Å². The molecule has 2 aromatic rings. The number of hydrogen-bond donors (Lipinski definition) is 1. The Morgan fingerprint density at radius 2 is 1.60 bits per heavy atom. The van der Waals surface area contributed by atoms with Crippen LogP contribution in [-0.2, 0) is 11.2 Å². The maximum atomic E-state index is 11.6. The minimum absolute atomic E-state index is 0.271. The van der Waals surface area contributed by atoms with E-state index in [-0.39, 0.29) is 11.3 Å². The van der Waals surface area contributed by atoms with Crippen molar-refractivity contribution >= 4 is 28.7 Å². The maximum Gasteiger partial charge on any atom is 0.338 e. The van der Waals surface area contributed by atoms with Gasteiger partial charge in [-0.3, -0.25) is 20.2 Å². The highest BCUT2D eigenvalue weighted by Crippen LogP contribution is 2.38. The number of benzene rings is 2. The lowest BCUT2D eigenvalue weighted by molar-refractivity contribution is -0.392. The van der Waals surface area contributed by atoms with Crippen LogP contribution in [0.1, 0.15) is 22.8 Å². The topological polar surface area (TPSA) is 125 Å². The van der Waals surface area contributed by atoms with Crippen LogP contribution in [0, 0.1) is 20.2 Å². The second-order valence-corrected chi connectivity index (χ2v) is 5.07. The fourth-order valence-corrected chi connectivity index (χ4v) is 2.23. The number of aryl methyl sites for hydroxylation is 1. The molecule has 1 N–H and O–H groups in total. The van der Waals surface area contributed by atoms with Crippen LogP contribution in [0.2, 0.25) is 0 Å². The summed E-state index contributed by atoms with van der Waals surface area (Å²) in [6, 6.07) is 8.84. The normalized spacial score (nSPS) is 10.2. The molecule has 0 aromatic heterocycles. The Labute approximate surface area is 142 Å². The predicted molar refractivity (Wildman–Crippen MR) is 90.2 cm³/mol. The molecule has 0 unspecified atom stereocenters. The van der Waals surface area contributed by atoms with Gasteiger partial charge in [0.1, 0.15) is 0 Å². The lowest BCUT2D eigenvalue weighted by Crippen LogP contribution is -2.07. The average molecular weight is 345 g/mol. The van der Waals surface area contributed by atoms with Crippen molar-refractivity contribution < 1.29 is 19.4 Å². The molecule has 9 nitrogen and oxygen atoms in total. The first kappa shape index (κ1) is 17.9. The van der Waals surface area contributed by atoms with Gasteiger partial charge in [-0.05, 0) is 24.1 Å². The number of nitro benzene ring substituents is 2. The Bertz CT molecular complexity index is 797. The van der Waals surface area contributed by atoms with E-state index in [0.29, 0.717) is 5.69 Å². The van der Waals surface area contributed by atoms with E-state index in [1.54, 1.807) is 12.1 Å². The van der Waals surface area contributed by atoms with Crippen LogP contribution >= 0.6 is 0 Å². The third-order valence-corrected chi connectivity index (χ3v) is 3.54. The van der Waals surface area contributed by atoms with E-state index in [0.717, 1.165) is 31.2 Å². The molecule has 2 aromatic carbocycles. The second kappa shape index (κ2) is 7.39. The van der Waals surface area contributed by atoms with Gasteiger partial charge in [0, 0.05) is 17.8 Å². The number of esters is 1. The molecule has 130 valence electrons. The highest BCUT2D eigenvalue weighted by molar-refractivity contribution is 5.94. The Balaban J connectivity index is 2.58. The van der Waals surface area contributed by atoms with E-state index in [1.807, 2.05) is 19.1 Å². The zero-order valence-electron chi connectivity index (χ0n) is 13.5. The molecular formula is C16H15N3O6. The molecule has 0 aliphatic carbocycles. The number of carbonyl (C=O) groups is 1. The highest BCUT2D eigenvalue weighted by Gasteiger charge is 2.29. The molecule has 0 amide bonds. The number of carbonyl (C=O) groups excluding carboxylic acids is 1. The Kier molecular flexibility index (Phi) is 5.28. The summed E-state index contributed by atoms with van der Waals surface area (Å²) >= 11 is 0. The third-order valence-electron chi connectivity index (χ3n) is 3.54. The van der Waals surface area contributed by atoms with Crippen LogP contribution < -0.4 is 5.32 Å². The minimum atomic E-state index is -0.898. The van der Waals surface area contributed by atoms with Gasteiger partial charge < -0.3 is 10.1 Å². The molecule has 25 heavy (non-hydrogen) atoms. The third kappa shape index (κ3) is 3.89. The fraction of sp³-hybridized carbons (Fsp3) is 0.188. The van der Waals surface area contributed by atoms with Crippen LogP contribution in [0.15, 0.2) is 36.4 Å². The van der Waals surface area contributed by atoms with Crippen molar-refractivity contribution in [1.82, 2.24) is 0 Å². The quantitative estimate of drug-likeness (QED) is 0.481. The van der Waals surface area contributed by atoms with Gasteiger partial charge in [-0.1, -0.05) is 19.1 Å². The molecule has 0 heterocycles. The standard InChI is InChI=1S/C16H15N3O6/c1-3-10-4-6-12(7-5-10)17-15-13(18(21)22)8-11(16(20)25-2)9-14(15)19(23)24/h4-9,17H,3H2,1-2H3. The monoisotopic (exact) mass is 345 g/mol. The summed E-state index contributed by atoms with van der Waals surface area (Å²) in [5.74, 6) is -0.898. The number of ether oxygens (including phenoxy) is 1. The number of nitrogens with zero attached hydrogens (tertiary/aromatic N) is 2. The number of nitrogens with one attached hydrogen (secondary N) is 1. The van der Waals surface area contributed by atoms with Crippen molar-refractivity contribution in [3.8, 4) is 0 Å². The van der Waals surface area contributed by atoms with E-state index < -0.39 is 27.2 Å². The van der Waals surface area contributed by atoms with Crippen molar-refractivity contribution in [2.24, 2.45) is 0 Å². The maximum absolute atomic E-state index is 11.6. The lowest BCUT2D eigenvalue weighted by atomic mass is 10.1. The van der Waals surface area contributed by atoms with Gasteiger partial charge in [-0.25, -0.2) is 4.79 Å². The summed E-state index contributed by atoms with van der Waals surface area (Å²) in [7, 11) is 1.08. The zero-order valence-corrected chi connectivity index (χ0v) is 13.5. The molecular weight excluding hydrogens is 330 g/mol. The minimum Gasteiger partial charge on any atom is -0.465 e. The van der Waals surface area contributed by atoms with Gasteiger partial charge in [0.15, 0.2) is 5.69 Å². The van der Waals surface area contributed by atoms with Gasteiger partial charge in [0.25, 0.3) is 0 Å². The fourth-order valence-electron chi connectivity index (χ4n) is 2.23. The first-order valence-electron chi connectivity index (χ1n) is 7.28. The zero-order chi connectivity index (χ0) is 18.6. The molecule has 0 spiro atoms. The molecule has 0 atom stereocenters. The SMILES string of the molecule is CCc1ccc(Nc2c([N+](=O)[O-])cc(C(=O)OC)cc2[N+](=O)[O-])cc1. The summed E-state index contributed by atoms with van der Waals surface area (Å²) < 4.78 is 4.48. The average Bonchev–Trinajstić information content (AvgIpc) is 2.61. The Morgan fingerprint density at radius 3 is 2.00 bits per heavy atom. The largest absolute Gasteiger partial charge is 0.465 e. The Hall–Kier alpha value is -3.49. The van der Waals surface area contributed by atoms with Crippen molar-refractivity contribution in [3.63, 3.8) is 0 Å². The number of rotatable bonds is 6. The molecule has 0 saturated heterocycles. The predicted octanol–water partition coefficient (Wildman–Crippen LogP) is 3.60. The summed E-state index contributed by atoms with van der Waals surface area (Å²) in [6.45, 7) is 1.98. The molecule has 0 aliphatic heterocycles. The van der Waals surface area contributed by atoms with E-state index in [9.17, 15) is 25.0 Å². The van der Waals surface area contributed by atoms with Crippen LogP contribution in [0.3, 0.4) is 0 Å². The Morgan fingerprint density at radius 1 is 1.08 bits per heavy atom. The molecule has 0 saturated carbocycles. The molecule has 0 fully saturated rings. The molecule has 2 rings (SSSR count). The van der Waals surface area contributed by atoms with Crippen LogP contribution in [-0.4, -0.2) is 22.9 Å². The summed E-state index contributed by atoms with van der Waals surface area (Å²) in [5.41, 5.74) is -0.243. The van der Waals surface area contributed by atoms with Gasteiger partial charge in [0.05, 0.1) is 22.5 Å². The molecule has 0 radical (unpaired) electrons. The van der Waals surface area contributed by atoms with Gasteiger partial charge >= 0.3 is 17.3 Å². The van der Waals surface area contributed by atoms with Crippen molar-refractivity contribution in [2.75, 3.05) is 12.4 Å². The lowest BCUT2D eigenvalue weighted by Gasteiger charge is -2.10. The number of anilines is 2. The van der Waals surface area contributed by atoms with Gasteiger partial charge in [-0.15, -0.1) is 0 Å². The van der Waals surface area contributed by atoms with Crippen LogP contribution in [0.4, 0.5) is 22.7 Å². The van der Waals surface area contributed by atoms with E-state index >= 15 is 0 Å². The van der Waals surface area contributed by atoms with Crippen molar-refractivity contribution in [2.45, 2.75) is 13.3 Å². The van der Waals surface area contributed by atoms with Crippen LogP contribution in [0.25, 0.3) is 0 Å². The van der Waals surface area contributed by atoms with E-state index in [1.165, 1.54) is 0 Å². The highest BCUT2D eigenvalue weighted by atomic mass is 16.6. The second-order valence-electron chi connectivity index (χ2n) is 5.07. The first-order valence-corrected chi connectivity index (χ1v) is 7.28. The first-order chi connectivity index (χ1) is 11.9. The summed E-state index contributed by atoms with van der Waals surface area (Å²) in [4.78, 5) is 32.7. The van der Waals surface area contributed by atoms with Gasteiger partial charge in [0.2, 0.25) is 0 Å². The smallest absolute Gasteiger partial charge is 0.338 e. The van der Waals surface area contributed by atoms with Crippen molar-refractivity contribution in [3.05, 3.63) is 67.8 Å². The summed E-state index contributed by atoms with van der Waals surface area (Å²) in [6.07, 6.45) is 0.814. The number of methoxy groups -OCH3 is 1. The van der Waals surface area contributed by atoms with Crippen LogP contribution in [0.5, 0.6) is 0 Å². The van der Waals surface area contributed by atoms with Gasteiger partial charge in [-0.2, -0.15) is 0 Å². The van der Waals surface area contributed by atoms with E-state index in [2.05, 4.69) is 10.1 Å². The molecule has 0 aliphatic rings. The summed E-state index contributed by atoms with van der Waals surface area (Å²) in [5, 5.41) is 25.4. The number of nitro groups is 2.